The second-order valence-corrected chi connectivity index (χ2v) is 4.14. The van der Waals surface area contributed by atoms with Crippen LogP contribution in [-0.2, 0) is 21.5 Å². The van der Waals surface area contributed by atoms with E-state index in [0.29, 0.717) is 30.6 Å². The molecule has 0 heterocycles. The average Bonchev–Trinajstić information content (AvgIpc) is 2.71. The SMILES string of the molecule is CCOC(=O)C1(NC)CCc2c(F)cccc21. The van der Waals surface area contributed by atoms with E-state index in [1.54, 1.807) is 26.1 Å². The highest BCUT2D eigenvalue weighted by Gasteiger charge is 2.46. The molecule has 4 heteroatoms. The number of likely N-dealkylation sites (N-methyl/N-ethyl adjacent to an activating group) is 1. The summed E-state index contributed by atoms with van der Waals surface area (Å²) in [6.45, 7) is 2.09. The fourth-order valence-electron chi connectivity index (χ4n) is 2.49. The van der Waals surface area contributed by atoms with Crippen molar-refractivity contribution in [3.05, 3.63) is 35.1 Å². The molecule has 0 bridgehead atoms. The average molecular weight is 237 g/mol. The number of carbonyl (C=O) groups excluding carboxylic acids is 1. The van der Waals surface area contributed by atoms with Gasteiger partial charge in [-0.2, -0.15) is 0 Å². The van der Waals surface area contributed by atoms with Crippen molar-refractivity contribution in [3.8, 4) is 0 Å². The number of fused-ring (bicyclic) bond motifs is 1. The van der Waals surface area contributed by atoms with Crippen LogP contribution in [0.1, 0.15) is 24.5 Å². The normalized spacial score (nSPS) is 22.3. The minimum Gasteiger partial charge on any atom is -0.464 e. The predicted octanol–water partition coefficient (Wildman–Crippen LogP) is 1.75. The highest BCUT2D eigenvalue weighted by Crippen LogP contribution is 2.38. The van der Waals surface area contributed by atoms with Gasteiger partial charge in [-0.15, -0.1) is 0 Å². The minimum absolute atomic E-state index is 0.246. The van der Waals surface area contributed by atoms with Gasteiger partial charge in [-0.1, -0.05) is 12.1 Å². The lowest BCUT2D eigenvalue weighted by molar-refractivity contribution is -0.151. The molecule has 3 nitrogen and oxygen atoms in total. The van der Waals surface area contributed by atoms with Gasteiger partial charge in [0, 0.05) is 0 Å². The first-order chi connectivity index (χ1) is 8.15. The number of hydrogen-bond donors (Lipinski definition) is 1. The molecule has 1 N–H and O–H groups in total. The summed E-state index contributed by atoms with van der Waals surface area (Å²) >= 11 is 0. The Morgan fingerprint density at radius 3 is 3.00 bits per heavy atom. The Bertz CT molecular complexity index is 447. The lowest BCUT2D eigenvalue weighted by Crippen LogP contribution is -2.46. The molecular weight excluding hydrogens is 221 g/mol. The summed E-state index contributed by atoms with van der Waals surface area (Å²) in [6, 6.07) is 4.85. The maximum absolute atomic E-state index is 13.6. The Kier molecular flexibility index (Phi) is 3.15. The highest BCUT2D eigenvalue weighted by atomic mass is 19.1. The number of ether oxygens (including phenoxy) is 1. The van der Waals surface area contributed by atoms with Crippen LogP contribution >= 0.6 is 0 Å². The molecule has 17 heavy (non-hydrogen) atoms. The van der Waals surface area contributed by atoms with Gasteiger partial charge in [0.1, 0.15) is 11.4 Å². The van der Waals surface area contributed by atoms with E-state index in [2.05, 4.69) is 5.32 Å². The van der Waals surface area contributed by atoms with Crippen molar-refractivity contribution in [2.45, 2.75) is 25.3 Å². The molecule has 0 saturated carbocycles. The van der Waals surface area contributed by atoms with Gasteiger partial charge >= 0.3 is 5.97 Å². The van der Waals surface area contributed by atoms with Crippen LogP contribution in [-0.4, -0.2) is 19.6 Å². The summed E-state index contributed by atoms with van der Waals surface area (Å²) in [5.41, 5.74) is 0.446. The van der Waals surface area contributed by atoms with Crippen LogP contribution in [0.2, 0.25) is 0 Å². The van der Waals surface area contributed by atoms with E-state index < -0.39 is 5.54 Å². The van der Waals surface area contributed by atoms with Gasteiger partial charge in [0.15, 0.2) is 0 Å². The van der Waals surface area contributed by atoms with Crippen LogP contribution in [0.25, 0.3) is 0 Å². The minimum atomic E-state index is -0.882. The highest BCUT2D eigenvalue weighted by molar-refractivity contribution is 5.84. The first kappa shape index (κ1) is 12.0. The number of esters is 1. The standard InChI is InChI=1S/C13H16FNO2/c1-3-17-12(16)13(15-2)8-7-9-10(13)5-4-6-11(9)14/h4-6,15H,3,7-8H2,1-2H3. The molecule has 1 aliphatic carbocycles. The molecule has 0 spiro atoms. The van der Waals surface area contributed by atoms with Crippen molar-refractivity contribution in [2.75, 3.05) is 13.7 Å². The first-order valence-electron chi connectivity index (χ1n) is 5.79. The van der Waals surface area contributed by atoms with E-state index >= 15 is 0 Å². The molecule has 1 aliphatic rings. The van der Waals surface area contributed by atoms with Crippen molar-refractivity contribution in [1.29, 1.82) is 0 Å². The molecule has 92 valence electrons. The van der Waals surface area contributed by atoms with E-state index in [1.807, 2.05) is 0 Å². The van der Waals surface area contributed by atoms with E-state index in [-0.39, 0.29) is 11.8 Å². The lowest BCUT2D eigenvalue weighted by atomic mass is 9.92. The zero-order valence-corrected chi connectivity index (χ0v) is 10.0. The number of halogens is 1. The second kappa shape index (κ2) is 4.45. The molecule has 0 aliphatic heterocycles. The summed E-state index contributed by atoms with van der Waals surface area (Å²) in [7, 11) is 1.71. The van der Waals surface area contributed by atoms with Crippen LogP contribution in [0.15, 0.2) is 18.2 Å². The van der Waals surface area contributed by atoms with Crippen molar-refractivity contribution in [3.63, 3.8) is 0 Å². The van der Waals surface area contributed by atoms with Crippen molar-refractivity contribution >= 4 is 5.97 Å². The number of carbonyl (C=O) groups is 1. The number of rotatable bonds is 3. The largest absolute Gasteiger partial charge is 0.464 e. The lowest BCUT2D eigenvalue weighted by Gasteiger charge is -2.27. The monoisotopic (exact) mass is 237 g/mol. The molecule has 0 radical (unpaired) electrons. The summed E-state index contributed by atoms with van der Waals surface area (Å²) in [5.74, 6) is -0.573. The third kappa shape index (κ3) is 1.72. The van der Waals surface area contributed by atoms with Gasteiger partial charge in [-0.25, -0.2) is 9.18 Å². The first-order valence-corrected chi connectivity index (χ1v) is 5.79. The zero-order valence-electron chi connectivity index (χ0n) is 10.0. The molecule has 1 aromatic rings. The summed E-state index contributed by atoms with van der Waals surface area (Å²) < 4.78 is 18.7. The van der Waals surface area contributed by atoms with Gasteiger partial charge in [-0.05, 0) is 44.0 Å². The van der Waals surface area contributed by atoms with Crippen LogP contribution < -0.4 is 5.32 Å². The van der Waals surface area contributed by atoms with E-state index in [0.717, 1.165) is 0 Å². The number of benzene rings is 1. The van der Waals surface area contributed by atoms with Gasteiger partial charge in [0.2, 0.25) is 0 Å². The summed E-state index contributed by atoms with van der Waals surface area (Å²) in [6.07, 6.45) is 1.10. The Balaban J connectivity index is 2.47. The zero-order chi connectivity index (χ0) is 12.5. The van der Waals surface area contributed by atoms with E-state index in [4.69, 9.17) is 4.74 Å². The number of nitrogens with one attached hydrogen (secondary N) is 1. The molecular formula is C13H16FNO2. The Morgan fingerprint density at radius 2 is 2.35 bits per heavy atom. The van der Waals surface area contributed by atoms with Crippen LogP contribution in [0.4, 0.5) is 4.39 Å². The quantitative estimate of drug-likeness (QED) is 0.814. The number of hydrogen-bond acceptors (Lipinski definition) is 3. The molecule has 0 amide bonds. The predicted molar refractivity (Wildman–Crippen MR) is 62.1 cm³/mol. The van der Waals surface area contributed by atoms with Crippen LogP contribution in [0.5, 0.6) is 0 Å². The fraction of sp³-hybridized carbons (Fsp3) is 0.462. The molecule has 0 saturated heterocycles. The Morgan fingerprint density at radius 1 is 1.59 bits per heavy atom. The molecule has 1 atom stereocenters. The van der Waals surface area contributed by atoms with Gasteiger partial charge in [0.25, 0.3) is 0 Å². The molecule has 1 aromatic carbocycles. The van der Waals surface area contributed by atoms with Crippen molar-refractivity contribution in [1.82, 2.24) is 5.32 Å². The maximum atomic E-state index is 13.6. The Hall–Kier alpha value is -1.42. The fourth-order valence-corrected chi connectivity index (χ4v) is 2.49. The van der Waals surface area contributed by atoms with Crippen molar-refractivity contribution < 1.29 is 13.9 Å². The van der Waals surface area contributed by atoms with E-state index in [1.165, 1.54) is 6.07 Å². The molecule has 1 unspecified atom stereocenters. The van der Waals surface area contributed by atoms with Gasteiger partial charge in [0.05, 0.1) is 6.61 Å². The topological polar surface area (TPSA) is 38.3 Å². The van der Waals surface area contributed by atoms with Crippen LogP contribution in [0, 0.1) is 5.82 Å². The third-order valence-corrected chi connectivity index (χ3v) is 3.38. The van der Waals surface area contributed by atoms with Gasteiger partial charge < -0.3 is 10.1 Å². The maximum Gasteiger partial charge on any atom is 0.331 e. The smallest absolute Gasteiger partial charge is 0.331 e. The van der Waals surface area contributed by atoms with Crippen LogP contribution in [0.3, 0.4) is 0 Å². The summed E-state index contributed by atoms with van der Waals surface area (Å²) in [5, 5.41) is 3.00. The summed E-state index contributed by atoms with van der Waals surface area (Å²) in [4.78, 5) is 12.1. The van der Waals surface area contributed by atoms with Gasteiger partial charge in [-0.3, -0.25) is 0 Å². The molecule has 0 fully saturated rings. The van der Waals surface area contributed by atoms with Crippen molar-refractivity contribution in [2.24, 2.45) is 0 Å². The third-order valence-electron chi connectivity index (χ3n) is 3.38. The van der Waals surface area contributed by atoms with E-state index in [9.17, 15) is 9.18 Å². The second-order valence-electron chi connectivity index (χ2n) is 4.14. The molecule has 2 rings (SSSR count). The molecule has 0 aromatic heterocycles. The Labute approximate surface area is 100.0 Å².